The summed E-state index contributed by atoms with van der Waals surface area (Å²) >= 11 is 5.42. The van der Waals surface area contributed by atoms with E-state index in [-0.39, 0.29) is 16.5 Å². The predicted octanol–water partition coefficient (Wildman–Crippen LogP) is 1.84. The number of nitrogens with one attached hydrogen (secondary N) is 1. The average molecular weight is 188 g/mol. The Morgan fingerprint density at radius 1 is 1.58 bits per heavy atom. The number of benzene rings is 1. The van der Waals surface area contributed by atoms with Crippen molar-refractivity contribution in [3.8, 4) is 0 Å². The number of carbonyl (C=O) groups excluding carboxylic acids is 1. The normalized spacial score (nSPS) is 9.58. The van der Waals surface area contributed by atoms with Crippen LogP contribution in [0, 0.1) is 5.82 Å². The minimum atomic E-state index is -0.585. The second-order valence-corrected chi connectivity index (χ2v) is 2.62. The fourth-order valence-corrected chi connectivity index (χ4v) is 0.899. The van der Waals surface area contributed by atoms with Crippen LogP contribution in [-0.2, 0) is 0 Å². The van der Waals surface area contributed by atoms with Crippen molar-refractivity contribution in [2.75, 3.05) is 7.05 Å². The van der Waals surface area contributed by atoms with Gasteiger partial charge >= 0.3 is 0 Å². The molecule has 0 bridgehead atoms. The summed E-state index contributed by atoms with van der Waals surface area (Å²) in [6.45, 7) is 0. The van der Waals surface area contributed by atoms with Gasteiger partial charge in [-0.05, 0) is 18.2 Å². The van der Waals surface area contributed by atoms with E-state index in [1.54, 1.807) is 0 Å². The maximum Gasteiger partial charge on any atom is 0.251 e. The Balaban J connectivity index is 3.05. The van der Waals surface area contributed by atoms with Gasteiger partial charge in [0.25, 0.3) is 5.91 Å². The first-order chi connectivity index (χ1) is 5.65. The number of amides is 1. The number of hydrogen-bond acceptors (Lipinski definition) is 1. The van der Waals surface area contributed by atoms with E-state index in [1.165, 1.54) is 19.2 Å². The molecule has 64 valence electrons. The third kappa shape index (κ3) is 1.74. The van der Waals surface area contributed by atoms with Gasteiger partial charge in [-0.3, -0.25) is 4.79 Å². The first-order valence-electron chi connectivity index (χ1n) is 3.32. The highest BCUT2D eigenvalue weighted by molar-refractivity contribution is 6.30. The Hall–Kier alpha value is -1.09. The molecule has 0 unspecified atom stereocenters. The SMILES string of the molecule is CNC(=O)c1ccc(Cl)c(F)c1. The van der Waals surface area contributed by atoms with E-state index in [2.05, 4.69) is 5.32 Å². The zero-order valence-electron chi connectivity index (χ0n) is 6.40. The Labute approximate surface area is 74.3 Å². The van der Waals surface area contributed by atoms with Crippen LogP contribution in [-0.4, -0.2) is 13.0 Å². The van der Waals surface area contributed by atoms with E-state index >= 15 is 0 Å². The summed E-state index contributed by atoms with van der Waals surface area (Å²) < 4.78 is 12.8. The van der Waals surface area contributed by atoms with E-state index in [0.29, 0.717) is 0 Å². The molecule has 0 aliphatic heterocycles. The number of carbonyl (C=O) groups is 1. The summed E-state index contributed by atoms with van der Waals surface area (Å²) in [5.41, 5.74) is 0.263. The Bertz CT molecular complexity index is 314. The molecule has 1 N–H and O–H groups in total. The van der Waals surface area contributed by atoms with Crippen LogP contribution in [0.3, 0.4) is 0 Å². The maximum absolute atomic E-state index is 12.8. The van der Waals surface area contributed by atoms with Crippen molar-refractivity contribution in [3.63, 3.8) is 0 Å². The summed E-state index contributed by atoms with van der Waals surface area (Å²) in [6, 6.07) is 3.91. The lowest BCUT2D eigenvalue weighted by Crippen LogP contribution is -2.17. The minimum Gasteiger partial charge on any atom is -0.355 e. The van der Waals surface area contributed by atoms with Gasteiger partial charge in [-0.2, -0.15) is 0 Å². The minimum absolute atomic E-state index is 0.0163. The average Bonchev–Trinajstić information content (AvgIpc) is 2.08. The molecule has 1 aromatic rings. The standard InChI is InChI=1S/C8H7ClFNO/c1-11-8(12)5-2-3-6(9)7(10)4-5/h2-4H,1H3,(H,11,12). The lowest BCUT2D eigenvalue weighted by atomic mass is 10.2. The van der Waals surface area contributed by atoms with Crippen molar-refractivity contribution in [3.05, 3.63) is 34.6 Å². The molecular formula is C8H7ClFNO. The van der Waals surface area contributed by atoms with Gasteiger partial charge in [-0.15, -0.1) is 0 Å². The first-order valence-corrected chi connectivity index (χ1v) is 3.70. The molecule has 0 spiro atoms. The maximum atomic E-state index is 12.8. The zero-order chi connectivity index (χ0) is 9.14. The predicted molar refractivity (Wildman–Crippen MR) is 44.8 cm³/mol. The lowest BCUT2D eigenvalue weighted by Gasteiger charge is -1.99. The third-order valence-corrected chi connectivity index (χ3v) is 1.72. The van der Waals surface area contributed by atoms with Crippen LogP contribution >= 0.6 is 11.6 Å². The van der Waals surface area contributed by atoms with Crippen LogP contribution in [0.25, 0.3) is 0 Å². The lowest BCUT2D eigenvalue weighted by molar-refractivity contribution is 0.0962. The largest absolute Gasteiger partial charge is 0.355 e. The highest BCUT2D eigenvalue weighted by Crippen LogP contribution is 2.15. The second-order valence-electron chi connectivity index (χ2n) is 2.21. The van der Waals surface area contributed by atoms with Gasteiger partial charge < -0.3 is 5.32 Å². The fraction of sp³-hybridized carbons (Fsp3) is 0.125. The van der Waals surface area contributed by atoms with Gasteiger partial charge in [-0.25, -0.2) is 4.39 Å². The summed E-state index contributed by atoms with van der Waals surface area (Å²) in [6.07, 6.45) is 0. The number of hydrogen-bond donors (Lipinski definition) is 1. The summed E-state index contributed by atoms with van der Waals surface area (Å²) in [5, 5.41) is 2.40. The smallest absolute Gasteiger partial charge is 0.251 e. The highest BCUT2D eigenvalue weighted by Gasteiger charge is 2.05. The molecule has 0 heterocycles. The molecule has 0 atom stereocenters. The van der Waals surface area contributed by atoms with Gasteiger partial charge in [0.1, 0.15) is 5.82 Å². The summed E-state index contributed by atoms with van der Waals surface area (Å²) in [4.78, 5) is 11.0. The molecule has 1 rings (SSSR count). The van der Waals surface area contributed by atoms with Crippen LogP contribution in [0.15, 0.2) is 18.2 Å². The van der Waals surface area contributed by atoms with E-state index in [1.807, 2.05) is 0 Å². The van der Waals surface area contributed by atoms with Gasteiger partial charge in [0.15, 0.2) is 0 Å². The molecule has 0 saturated carbocycles. The second kappa shape index (κ2) is 3.54. The fourth-order valence-electron chi connectivity index (χ4n) is 0.782. The highest BCUT2D eigenvalue weighted by atomic mass is 35.5. The molecule has 0 fully saturated rings. The van der Waals surface area contributed by atoms with Crippen LogP contribution in [0.5, 0.6) is 0 Å². The topological polar surface area (TPSA) is 29.1 Å². The summed E-state index contributed by atoms with van der Waals surface area (Å²) in [5.74, 6) is -0.914. The third-order valence-electron chi connectivity index (χ3n) is 1.41. The van der Waals surface area contributed by atoms with E-state index in [0.717, 1.165) is 6.07 Å². The Kier molecular flexibility index (Phi) is 2.65. The van der Waals surface area contributed by atoms with Gasteiger partial charge in [0, 0.05) is 12.6 Å². The van der Waals surface area contributed by atoms with Crippen LogP contribution in [0.2, 0.25) is 5.02 Å². The van der Waals surface area contributed by atoms with Gasteiger partial charge in [-0.1, -0.05) is 11.6 Å². The van der Waals surface area contributed by atoms with Crippen molar-refractivity contribution in [1.82, 2.24) is 5.32 Å². The zero-order valence-corrected chi connectivity index (χ0v) is 7.15. The Morgan fingerprint density at radius 2 is 2.25 bits per heavy atom. The number of rotatable bonds is 1. The van der Waals surface area contributed by atoms with E-state index in [4.69, 9.17) is 11.6 Å². The van der Waals surface area contributed by atoms with Crippen molar-refractivity contribution < 1.29 is 9.18 Å². The van der Waals surface area contributed by atoms with Crippen molar-refractivity contribution >= 4 is 17.5 Å². The monoisotopic (exact) mass is 187 g/mol. The molecule has 0 aromatic heterocycles. The van der Waals surface area contributed by atoms with E-state index in [9.17, 15) is 9.18 Å². The molecule has 0 saturated heterocycles. The van der Waals surface area contributed by atoms with Crippen molar-refractivity contribution in [2.45, 2.75) is 0 Å². The quantitative estimate of drug-likeness (QED) is 0.714. The van der Waals surface area contributed by atoms with Crippen molar-refractivity contribution in [2.24, 2.45) is 0 Å². The first kappa shape index (κ1) is 9.00. The number of halogens is 2. The summed E-state index contributed by atoms with van der Waals surface area (Å²) in [7, 11) is 1.48. The molecule has 0 aliphatic carbocycles. The molecule has 0 aliphatic rings. The molecule has 12 heavy (non-hydrogen) atoms. The van der Waals surface area contributed by atoms with E-state index < -0.39 is 5.82 Å². The van der Waals surface area contributed by atoms with Crippen LogP contribution in [0.1, 0.15) is 10.4 Å². The van der Waals surface area contributed by atoms with Gasteiger partial charge in [0.2, 0.25) is 0 Å². The molecule has 0 radical (unpaired) electrons. The molecule has 4 heteroatoms. The Morgan fingerprint density at radius 3 is 2.75 bits per heavy atom. The van der Waals surface area contributed by atoms with Crippen LogP contribution < -0.4 is 5.32 Å². The van der Waals surface area contributed by atoms with Gasteiger partial charge in [0.05, 0.1) is 5.02 Å². The molecule has 1 aromatic carbocycles. The molecular weight excluding hydrogens is 181 g/mol. The molecule has 1 amide bonds. The molecule has 2 nitrogen and oxygen atoms in total. The van der Waals surface area contributed by atoms with Crippen LogP contribution in [0.4, 0.5) is 4.39 Å². The van der Waals surface area contributed by atoms with Crippen molar-refractivity contribution in [1.29, 1.82) is 0 Å².